The third kappa shape index (κ3) is 4.92. The second-order valence-corrected chi connectivity index (χ2v) is 8.96. The number of carbonyl (C=O) groups is 1. The minimum Gasteiger partial charge on any atom is -0.439 e. The third-order valence-corrected chi connectivity index (χ3v) is 6.54. The van der Waals surface area contributed by atoms with Crippen LogP contribution in [-0.2, 0) is 5.54 Å². The molecule has 33 heavy (non-hydrogen) atoms. The molecule has 1 aliphatic heterocycles. The summed E-state index contributed by atoms with van der Waals surface area (Å²) in [5.41, 5.74) is 4.78. The molecule has 2 aromatic carbocycles. The van der Waals surface area contributed by atoms with Crippen LogP contribution in [0, 0.1) is 6.92 Å². The van der Waals surface area contributed by atoms with Gasteiger partial charge in [-0.3, -0.25) is 0 Å². The van der Waals surface area contributed by atoms with Gasteiger partial charge in [-0.15, -0.1) is 0 Å². The molecule has 2 amide bonds. The first kappa shape index (κ1) is 21.3. The Kier molecular flexibility index (Phi) is 5.86. The highest BCUT2D eigenvalue weighted by molar-refractivity contribution is 5.76. The van der Waals surface area contributed by atoms with Crippen LogP contribution < -0.4 is 10.1 Å². The van der Waals surface area contributed by atoms with Crippen molar-refractivity contribution in [3.05, 3.63) is 95.2 Å². The maximum absolute atomic E-state index is 13.0. The monoisotopic (exact) mass is 439 g/mol. The Morgan fingerprint density at radius 1 is 1.03 bits per heavy atom. The average Bonchev–Trinajstić information content (AvgIpc) is 3.61. The van der Waals surface area contributed by atoms with Gasteiger partial charge >= 0.3 is 6.03 Å². The largest absolute Gasteiger partial charge is 0.439 e. The number of pyridine rings is 1. The van der Waals surface area contributed by atoms with Crippen molar-refractivity contribution in [3.8, 4) is 11.6 Å². The van der Waals surface area contributed by atoms with Crippen LogP contribution in [0.2, 0.25) is 0 Å². The number of piperidine rings is 1. The number of amides is 2. The molecule has 2 aliphatic rings. The molecule has 1 saturated carbocycles. The van der Waals surface area contributed by atoms with E-state index in [2.05, 4.69) is 53.6 Å². The molecule has 1 N–H and O–H groups in total. The van der Waals surface area contributed by atoms with Crippen molar-refractivity contribution in [2.24, 2.45) is 0 Å². The standard InChI is InChI=1S/C28H29N3O2/c1-21-7-2-3-10-25(21)28(14-15-28)30-27(32)31-17-12-22(13-18-31)19-23-8-6-9-24(20-23)33-26-11-4-5-16-29-26/h2-11,16,19-20H,12-15,17-18H2,1H3,(H,30,32). The van der Waals surface area contributed by atoms with Gasteiger partial charge in [-0.1, -0.05) is 54.1 Å². The fraction of sp³-hybridized carbons (Fsp3) is 0.286. The lowest BCUT2D eigenvalue weighted by molar-refractivity contribution is 0.188. The lowest BCUT2D eigenvalue weighted by Crippen LogP contribution is -2.47. The number of likely N-dealkylation sites (tertiary alicyclic amines) is 1. The Morgan fingerprint density at radius 3 is 2.55 bits per heavy atom. The SMILES string of the molecule is Cc1ccccc1C1(NC(=O)N2CCC(=Cc3cccc(Oc4ccccn4)c3)CC2)CC1. The second-order valence-electron chi connectivity index (χ2n) is 8.96. The topological polar surface area (TPSA) is 54.5 Å². The Hall–Kier alpha value is -3.60. The molecule has 0 radical (unpaired) electrons. The van der Waals surface area contributed by atoms with Gasteiger partial charge < -0.3 is 15.0 Å². The van der Waals surface area contributed by atoms with E-state index in [-0.39, 0.29) is 11.6 Å². The van der Waals surface area contributed by atoms with Crippen LogP contribution in [0.1, 0.15) is 42.4 Å². The summed E-state index contributed by atoms with van der Waals surface area (Å²) in [7, 11) is 0. The molecule has 3 aromatic rings. The van der Waals surface area contributed by atoms with Gasteiger partial charge in [-0.25, -0.2) is 9.78 Å². The van der Waals surface area contributed by atoms with Gasteiger partial charge in [0.2, 0.25) is 5.88 Å². The molecule has 1 aromatic heterocycles. The van der Waals surface area contributed by atoms with Crippen molar-refractivity contribution in [3.63, 3.8) is 0 Å². The summed E-state index contributed by atoms with van der Waals surface area (Å²) in [6.07, 6.45) is 7.73. The number of nitrogens with zero attached hydrogens (tertiary/aromatic N) is 2. The average molecular weight is 440 g/mol. The highest BCUT2D eigenvalue weighted by atomic mass is 16.5. The minimum atomic E-state index is -0.174. The van der Waals surface area contributed by atoms with Crippen LogP contribution in [-0.4, -0.2) is 29.0 Å². The zero-order chi connectivity index (χ0) is 22.7. The number of urea groups is 1. The van der Waals surface area contributed by atoms with E-state index in [4.69, 9.17) is 4.74 Å². The van der Waals surface area contributed by atoms with Crippen LogP contribution in [0.15, 0.2) is 78.5 Å². The summed E-state index contributed by atoms with van der Waals surface area (Å²) in [6.45, 7) is 3.60. The quantitative estimate of drug-likeness (QED) is 0.526. The van der Waals surface area contributed by atoms with Gasteiger partial charge in [0.05, 0.1) is 5.54 Å². The first-order valence-electron chi connectivity index (χ1n) is 11.6. The summed E-state index contributed by atoms with van der Waals surface area (Å²) in [6, 6.07) is 22.1. The van der Waals surface area contributed by atoms with Crippen molar-refractivity contribution < 1.29 is 9.53 Å². The van der Waals surface area contributed by atoms with E-state index in [1.807, 2.05) is 41.3 Å². The van der Waals surface area contributed by atoms with Crippen molar-refractivity contribution in [1.29, 1.82) is 0 Å². The van der Waals surface area contributed by atoms with Crippen LogP contribution in [0.5, 0.6) is 11.6 Å². The lowest BCUT2D eigenvalue weighted by atomic mass is 9.99. The first-order valence-corrected chi connectivity index (χ1v) is 11.6. The Balaban J connectivity index is 1.19. The predicted molar refractivity (Wildman–Crippen MR) is 130 cm³/mol. The van der Waals surface area contributed by atoms with E-state index < -0.39 is 0 Å². The Labute approximate surface area is 195 Å². The van der Waals surface area contributed by atoms with Crippen molar-refractivity contribution in [2.45, 2.75) is 38.1 Å². The molecule has 5 heteroatoms. The summed E-state index contributed by atoms with van der Waals surface area (Å²) < 4.78 is 5.85. The molecule has 0 spiro atoms. The number of hydrogen-bond acceptors (Lipinski definition) is 3. The molecule has 0 bridgehead atoms. The van der Waals surface area contributed by atoms with Gasteiger partial charge in [-0.05, 0) is 67.5 Å². The minimum absolute atomic E-state index is 0.0561. The summed E-state index contributed by atoms with van der Waals surface area (Å²) >= 11 is 0. The smallest absolute Gasteiger partial charge is 0.318 e. The Morgan fingerprint density at radius 2 is 1.82 bits per heavy atom. The molecule has 168 valence electrons. The number of aromatic nitrogens is 1. The van der Waals surface area contributed by atoms with Crippen LogP contribution in [0.3, 0.4) is 0 Å². The first-order chi connectivity index (χ1) is 16.1. The fourth-order valence-electron chi connectivity index (χ4n) is 4.55. The predicted octanol–water partition coefficient (Wildman–Crippen LogP) is 6.06. The van der Waals surface area contributed by atoms with Gasteiger partial charge in [0.15, 0.2) is 0 Å². The number of carbonyl (C=O) groups excluding carboxylic acids is 1. The van der Waals surface area contributed by atoms with Gasteiger partial charge in [0, 0.05) is 25.4 Å². The van der Waals surface area contributed by atoms with E-state index in [9.17, 15) is 4.79 Å². The van der Waals surface area contributed by atoms with Crippen molar-refractivity contribution in [1.82, 2.24) is 15.2 Å². The number of nitrogens with one attached hydrogen (secondary N) is 1. The number of aryl methyl sites for hydroxylation is 1. The highest BCUT2D eigenvalue weighted by Crippen LogP contribution is 2.46. The molecule has 1 saturated heterocycles. The molecule has 0 atom stereocenters. The van der Waals surface area contributed by atoms with E-state index in [1.54, 1.807) is 6.20 Å². The summed E-state index contributed by atoms with van der Waals surface area (Å²) in [4.78, 5) is 19.2. The zero-order valence-electron chi connectivity index (χ0n) is 19.0. The Bertz CT molecular complexity index is 1160. The molecule has 1 aliphatic carbocycles. The van der Waals surface area contributed by atoms with Crippen LogP contribution in [0.4, 0.5) is 4.79 Å². The highest BCUT2D eigenvalue weighted by Gasteiger charge is 2.47. The van der Waals surface area contributed by atoms with E-state index >= 15 is 0 Å². The number of rotatable bonds is 5. The van der Waals surface area contributed by atoms with Crippen molar-refractivity contribution in [2.75, 3.05) is 13.1 Å². The lowest BCUT2D eigenvalue weighted by Gasteiger charge is -2.31. The molecule has 5 nitrogen and oxygen atoms in total. The maximum atomic E-state index is 13.0. The number of benzene rings is 2. The second kappa shape index (κ2) is 9.10. The zero-order valence-corrected chi connectivity index (χ0v) is 19.0. The third-order valence-electron chi connectivity index (χ3n) is 6.54. The van der Waals surface area contributed by atoms with E-state index in [0.29, 0.717) is 5.88 Å². The normalized spacial score (nSPS) is 16.8. The molecule has 0 unspecified atom stereocenters. The van der Waals surface area contributed by atoms with Gasteiger partial charge in [-0.2, -0.15) is 0 Å². The maximum Gasteiger partial charge on any atom is 0.318 e. The molecule has 2 fully saturated rings. The van der Waals surface area contributed by atoms with Gasteiger partial charge in [0.25, 0.3) is 0 Å². The van der Waals surface area contributed by atoms with E-state index in [1.165, 1.54) is 16.7 Å². The summed E-state index contributed by atoms with van der Waals surface area (Å²) in [5.74, 6) is 1.35. The van der Waals surface area contributed by atoms with Crippen molar-refractivity contribution >= 4 is 12.1 Å². The molecular weight excluding hydrogens is 410 g/mol. The molecule has 5 rings (SSSR count). The fourth-order valence-corrected chi connectivity index (χ4v) is 4.55. The van der Waals surface area contributed by atoms with E-state index in [0.717, 1.165) is 50.1 Å². The van der Waals surface area contributed by atoms with Crippen LogP contribution in [0.25, 0.3) is 6.08 Å². The van der Waals surface area contributed by atoms with Gasteiger partial charge in [0.1, 0.15) is 5.75 Å². The van der Waals surface area contributed by atoms with Crippen LogP contribution >= 0.6 is 0 Å². The number of ether oxygens (including phenoxy) is 1. The summed E-state index contributed by atoms with van der Waals surface area (Å²) in [5, 5.41) is 3.33. The molecular formula is C28H29N3O2. The number of hydrogen-bond donors (Lipinski definition) is 1. The molecule has 2 heterocycles.